The van der Waals surface area contributed by atoms with Crippen LogP contribution in [0.5, 0.6) is 0 Å². The summed E-state index contributed by atoms with van der Waals surface area (Å²) in [6, 6.07) is 10.5. The van der Waals surface area contributed by atoms with Gasteiger partial charge in [-0.25, -0.2) is 17.8 Å². The summed E-state index contributed by atoms with van der Waals surface area (Å²) in [4.78, 5) is 19.5. The number of carbonyl (C=O) groups is 1. The van der Waals surface area contributed by atoms with Crippen LogP contribution in [0.2, 0.25) is 0 Å². The van der Waals surface area contributed by atoms with Crippen LogP contribution in [0.4, 0.5) is 9.52 Å². The van der Waals surface area contributed by atoms with Crippen molar-refractivity contribution in [2.75, 3.05) is 23.8 Å². The molecule has 0 aliphatic carbocycles. The van der Waals surface area contributed by atoms with Gasteiger partial charge in [-0.2, -0.15) is 0 Å². The molecule has 2 aromatic carbocycles. The number of sulfone groups is 1. The number of amides is 1. The number of thiazole rings is 1. The Hall–Kier alpha value is -2.36. The molecule has 1 aromatic heterocycles. The molecule has 1 aliphatic rings. The molecule has 4 rings (SSSR count). The van der Waals surface area contributed by atoms with Gasteiger partial charge in [-0.15, -0.1) is 0 Å². The molecule has 1 fully saturated rings. The molecule has 0 bridgehead atoms. The summed E-state index contributed by atoms with van der Waals surface area (Å²) < 4.78 is 45.1. The van der Waals surface area contributed by atoms with Crippen molar-refractivity contribution in [1.29, 1.82) is 0 Å². The van der Waals surface area contributed by atoms with Gasteiger partial charge in [-0.3, -0.25) is 9.69 Å². The van der Waals surface area contributed by atoms with E-state index in [9.17, 15) is 17.6 Å². The van der Waals surface area contributed by atoms with Crippen LogP contribution >= 0.6 is 11.3 Å². The summed E-state index contributed by atoms with van der Waals surface area (Å²) in [5.41, 5.74) is 0.679. The van der Waals surface area contributed by atoms with Crippen molar-refractivity contribution in [3.8, 4) is 0 Å². The lowest BCUT2D eigenvalue weighted by atomic mass is 10.1. The maximum absolute atomic E-state index is 13.6. The smallest absolute Gasteiger partial charge is 0.261 e. The summed E-state index contributed by atoms with van der Waals surface area (Å²) in [5, 5.41) is 0.389. The van der Waals surface area contributed by atoms with E-state index in [1.807, 2.05) is 0 Å². The fourth-order valence-corrected chi connectivity index (χ4v) is 5.54. The zero-order valence-corrected chi connectivity index (χ0v) is 18.0. The van der Waals surface area contributed by atoms with Gasteiger partial charge in [-0.1, -0.05) is 30.4 Å². The number of hydrogen-bond donors (Lipinski definition) is 0. The number of halogens is 1. The van der Waals surface area contributed by atoms with E-state index in [-0.39, 0.29) is 34.7 Å². The van der Waals surface area contributed by atoms with Crippen LogP contribution in [0.1, 0.15) is 30.1 Å². The number of nitrogens with zero attached hydrogens (tertiary/aromatic N) is 2. The van der Waals surface area contributed by atoms with Crippen molar-refractivity contribution in [3.05, 3.63) is 53.8 Å². The monoisotopic (exact) mass is 448 g/mol. The molecule has 158 valence electrons. The van der Waals surface area contributed by atoms with Gasteiger partial charge in [0.25, 0.3) is 5.91 Å². The fraction of sp³-hybridized carbons (Fsp3) is 0.333. The van der Waals surface area contributed by atoms with E-state index >= 15 is 0 Å². The van der Waals surface area contributed by atoms with E-state index < -0.39 is 15.7 Å². The minimum absolute atomic E-state index is 0.00185. The minimum atomic E-state index is -3.59. The van der Waals surface area contributed by atoms with Gasteiger partial charge in [0, 0.05) is 6.61 Å². The highest BCUT2D eigenvalue weighted by Gasteiger charge is 2.30. The van der Waals surface area contributed by atoms with E-state index in [1.165, 1.54) is 40.5 Å². The standard InChI is InChI=1S/C21H21FN2O4S2/c1-2-30(26,27)19-8-4-3-7-16(19)20(25)24(13-15-6-5-11-28-15)21-23-17-10-9-14(22)12-18(17)29-21/h3-4,7-10,12,15H,2,5-6,11,13H2,1H3. The van der Waals surface area contributed by atoms with E-state index in [1.54, 1.807) is 25.1 Å². The predicted octanol–water partition coefficient (Wildman–Crippen LogP) is 4.05. The first-order chi connectivity index (χ1) is 14.4. The molecule has 0 radical (unpaired) electrons. The van der Waals surface area contributed by atoms with Crippen LogP contribution in [0.25, 0.3) is 10.2 Å². The van der Waals surface area contributed by atoms with Crippen molar-refractivity contribution in [2.24, 2.45) is 0 Å². The molecule has 1 aliphatic heterocycles. The number of benzene rings is 2. The summed E-state index contributed by atoms with van der Waals surface area (Å²) in [5.74, 6) is -0.949. The Morgan fingerprint density at radius 3 is 2.83 bits per heavy atom. The Morgan fingerprint density at radius 2 is 2.10 bits per heavy atom. The highest BCUT2D eigenvalue weighted by Crippen LogP contribution is 2.32. The Bertz CT molecular complexity index is 1190. The van der Waals surface area contributed by atoms with Gasteiger partial charge in [0.1, 0.15) is 5.82 Å². The predicted molar refractivity (Wildman–Crippen MR) is 114 cm³/mol. The zero-order chi connectivity index (χ0) is 21.3. The first-order valence-corrected chi connectivity index (χ1v) is 12.2. The van der Waals surface area contributed by atoms with E-state index in [0.29, 0.717) is 22.0 Å². The fourth-order valence-electron chi connectivity index (χ4n) is 3.46. The lowest BCUT2D eigenvalue weighted by molar-refractivity contribution is 0.0915. The number of ether oxygens (including phenoxy) is 1. The van der Waals surface area contributed by atoms with Crippen molar-refractivity contribution >= 4 is 42.4 Å². The molecule has 1 atom stereocenters. The Kier molecular flexibility index (Phi) is 5.86. The molecule has 9 heteroatoms. The van der Waals surface area contributed by atoms with Crippen LogP contribution in [0.3, 0.4) is 0 Å². The maximum atomic E-state index is 13.6. The molecule has 3 aromatic rings. The largest absolute Gasteiger partial charge is 0.376 e. The van der Waals surface area contributed by atoms with Gasteiger partial charge in [0.15, 0.2) is 15.0 Å². The van der Waals surface area contributed by atoms with Gasteiger partial charge >= 0.3 is 0 Å². The van der Waals surface area contributed by atoms with Crippen LogP contribution in [-0.2, 0) is 14.6 Å². The zero-order valence-electron chi connectivity index (χ0n) is 16.4. The summed E-state index contributed by atoms with van der Waals surface area (Å²) >= 11 is 1.19. The molecule has 1 saturated heterocycles. The molecule has 0 saturated carbocycles. The third-order valence-corrected chi connectivity index (χ3v) is 7.89. The molecular formula is C21H21FN2O4S2. The Morgan fingerprint density at radius 1 is 1.30 bits per heavy atom. The summed E-state index contributed by atoms with van der Waals surface area (Å²) in [6.45, 7) is 2.42. The molecule has 2 heterocycles. The van der Waals surface area contributed by atoms with E-state index in [2.05, 4.69) is 4.98 Å². The van der Waals surface area contributed by atoms with Gasteiger partial charge in [0.05, 0.1) is 39.1 Å². The number of aromatic nitrogens is 1. The molecule has 30 heavy (non-hydrogen) atoms. The quantitative estimate of drug-likeness (QED) is 0.569. The molecule has 1 amide bonds. The van der Waals surface area contributed by atoms with Crippen molar-refractivity contribution < 1.29 is 22.3 Å². The van der Waals surface area contributed by atoms with Crippen molar-refractivity contribution in [1.82, 2.24) is 4.98 Å². The molecule has 1 unspecified atom stereocenters. The van der Waals surface area contributed by atoms with Gasteiger partial charge in [-0.05, 0) is 43.2 Å². The highest BCUT2D eigenvalue weighted by atomic mass is 32.2. The molecule has 0 spiro atoms. The number of anilines is 1. The average Bonchev–Trinajstić information content (AvgIpc) is 3.40. The van der Waals surface area contributed by atoms with Gasteiger partial charge in [0.2, 0.25) is 0 Å². The average molecular weight is 449 g/mol. The minimum Gasteiger partial charge on any atom is -0.376 e. The Balaban J connectivity index is 1.79. The molecule has 6 nitrogen and oxygen atoms in total. The third-order valence-electron chi connectivity index (χ3n) is 5.06. The summed E-state index contributed by atoms with van der Waals surface area (Å²) in [6.07, 6.45) is 1.55. The molecular weight excluding hydrogens is 427 g/mol. The van der Waals surface area contributed by atoms with E-state index in [0.717, 1.165) is 12.8 Å². The SMILES string of the molecule is CCS(=O)(=O)c1ccccc1C(=O)N(CC1CCCO1)c1nc2ccc(F)cc2s1. The topological polar surface area (TPSA) is 76.6 Å². The second kappa shape index (κ2) is 8.41. The van der Waals surface area contributed by atoms with Crippen molar-refractivity contribution in [3.63, 3.8) is 0 Å². The van der Waals surface area contributed by atoms with Gasteiger partial charge < -0.3 is 4.74 Å². The van der Waals surface area contributed by atoms with Crippen molar-refractivity contribution in [2.45, 2.75) is 30.8 Å². The lowest BCUT2D eigenvalue weighted by Crippen LogP contribution is -2.38. The number of hydrogen-bond acceptors (Lipinski definition) is 6. The summed E-state index contributed by atoms with van der Waals surface area (Å²) in [7, 11) is -3.59. The highest BCUT2D eigenvalue weighted by molar-refractivity contribution is 7.91. The lowest BCUT2D eigenvalue weighted by Gasteiger charge is -2.24. The van der Waals surface area contributed by atoms with Crippen LogP contribution < -0.4 is 4.90 Å². The van der Waals surface area contributed by atoms with Crippen LogP contribution in [0.15, 0.2) is 47.4 Å². The van der Waals surface area contributed by atoms with Crippen LogP contribution in [0, 0.1) is 5.82 Å². The normalized spacial score (nSPS) is 16.8. The first-order valence-electron chi connectivity index (χ1n) is 9.70. The van der Waals surface area contributed by atoms with E-state index in [4.69, 9.17) is 4.74 Å². The number of rotatable bonds is 6. The number of fused-ring (bicyclic) bond motifs is 1. The third kappa shape index (κ3) is 4.10. The van der Waals surface area contributed by atoms with Crippen LogP contribution in [-0.4, -0.2) is 44.3 Å². The maximum Gasteiger partial charge on any atom is 0.261 e. The first kappa shape index (κ1) is 20.9. The Labute approximate surface area is 178 Å². The number of carbonyl (C=O) groups excluding carboxylic acids is 1. The second-order valence-electron chi connectivity index (χ2n) is 7.06. The molecule has 0 N–H and O–H groups in total. The second-order valence-corrected chi connectivity index (χ2v) is 10.3.